The van der Waals surface area contributed by atoms with Crippen LogP contribution in [0.4, 0.5) is 4.79 Å². The van der Waals surface area contributed by atoms with E-state index >= 15 is 0 Å². The molecule has 1 aliphatic carbocycles. The summed E-state index contributed by atoms with van der Waals surface area (Å²) >= 11 is 0. The third-order valence-electron chi connectivity index (χ3n) is 4.43. The third-order valence-corrected chi connectivity index (χ3v) is 4.43. The van der Waals surface area contributed by atoms with Gasteiger partial charge in [0.1, 0.15) is 6.61 Å². The smallest absolute Gasteiger partial charge is 0.407 e. The molecule has 22 heavy (non-hydrogen) atoms. The Morgan fingerprint density at radius 3 is 2.68 bits per heavy atom. The van der Waals surface area contributed by atoms with Gasteiger partial charge in [0.25, 0.3) is 0 Å². The molecule has 1 amide bonds. The molecule has 1 aromatic carbocycles. The minimum atomic E-state index is -0.972. The van der Waals surface area contributed by atoms with Crippen LogP contribution in [0.3, 0.4) is 0 Å². The Morgan fingerprint density at radius 1 is 1.36 bits per heavy atom. The van der Waals surface area contributed by atoms with Gasteiger partial charge in [-0.2, -0.15) is 0 Å². The van der Waals surface area contributed by atoms with E-state index in [1.165, 1.54) is 0 Å². The maximum absolute atomic E-state index is 11.8. The highest BCUT2D eigenvalue weighted by atomic mass is 16.6. The van der Waals surface area contributed by atoms with Gasteiger partial charge in [0, 0.05) is 12.0 Å². The number of alkyl carbamates (subject to hydrolysis) is 1. The summed E-state index contributed by atoms with van der Waals surface area (Å²) in [7, 11) is 0. The summed E-state index contributed by atoms with van der Waals surface area (Å²) in [4.78, 5) is 23.0. The molecule has 118 valence electrons. The van der Waals surface area contributed by atoms with Crippen LogP contribution in [0.1, 0.15) is 25.3 Å². The minimum Gasteiger partial charge on any atom is -0.479 e. The van der Waals surface area contributed by atoms with E-state index in [2.05, 4.69) is 5.32 Å². The van der Waals surface area contributed by atoms with Gasteiger partial charge in [-0.15, -0.1) is 0 Å². The van der Waals surface area contributed by atoms with Crippen LogP contribution in [-0.2, 0) is 20.9 Å². The van der Waals surface area contributed by atoms with Crippen LogP contribution in [0.15, 0.2) is 30.3 Å². The van der Waals surface area contributed by atoms with Crippen molar-refractivity contribution in [1.82, 2.24) is 5.32 Å². The molecule has 6 heteroatoms. The van der Waals surface area contributed by atoms with Crippen molar-refractivity contribution < 1.29 is 24.2 Å². The topological polar surface area (TPSA) is 84.9 Å². The molecule has 2 saturated heterocycles. The lowest BCUT2D eigenvalue weighted by molar-refractivity contribution is -0.150. The van der Waals surface area contributed by atoms with Gasteiger partial charge in [0.05, 0.1) is 5.60 Å². The fourth-order valence-electron chi connectivity index (χ4n) is 3.67. The van der Waals surface area contributed by atoms with Crippen molar-refractivity contribution in [2.75, 3.05) is 6.54 Å². The number of carbonyl (C=O) groups is 2. The Morgan fingerprint density at radius 2 is 2.05 bits per heavy atom. The van der Waals surface area contributed by atoms with Crippen LogP contribution >= 0.6 is 0 Å². The number of hydrogen-bond acceptors (Lipinski definition) is 4. The van der Waals surface area contributed by atoms with Crippen molar-refractivity contribution in [3.05, 3.63) is 35.9 Å². The van der Waals surface area contributed by atoms with Crippen molar-refractivity contribution in [1.29, 1.82) is 0 Å². The average molecular weight is 305 g/mol. The highest BCUT2D eigenvalue weighted by Crippen LogP contribution is 2.61. The van der Waals surface area contributed by atoms with Crippen molar-refractivity contribution in [3.8, 4) is 0 Å². The lowest BCUT2D eigenvalue weighted by atomic mass is 9.60. The molecule has 1 unspecified atom stereocenters. The van der Waals surface area contributed by atoms with Crippen molar-refractivity contribution in [2.45, 2.75) is 38.1 Å². The second kappa shape index (κ2) is 5.28. The van der Waals surface area contributed by atoms with Crippen LogP contribution in [0.5, 0.6) is 0 Å². The molecule has 2 bridgehead atoms. The molecule has 2 aliphatic heterocycles. The minimum absolute atomic E-state index is 0.191. The fourth-order valence-corrected chi connectivity index (χ4v) is 3.67. The zero-order valence-electron chi connectivity index (χ0n) is 12.4. The standard InChI is InChI=1S/C16H19NO5/c1-15-8-16(9-15,12(22-15)13(18)19)10-17-14(20)21-7-11-5-3-2-4-6-11/h2-6,12H,7-10H2,1H3,(H,17,20)(H,18,19). The first-order chi connectivity index (χ1) is 10.4. The van der Waals surface area contributed by atoms with Gasteiger partial charge in [0.2, 0.25) is 0 Å². The average Bonchev–Trinajstić information content (AvgIpc) is 2.93. The molecule has 2 heterocycles. The molecule has 1 atom stereocenters. The van der Waals surface area contributed by atoms with Gasteiger partial charge in [-0.05, 0) is 25.3 Å². The molecule has 0 aromatic heterocycles. The summed E-state index contributed by atoms with van der Waals surface area (Å²) in [6.45, 7) is 2.35. The molecule has 2 N–H and O–H groups in total. The molecule has 1 saturated carbocycles. The number of ether oxygens (including phenoxy) is 2. The Bertz CT molecular complexity index is 579. The second-order valence-corrected chi connectivity index (χ2v) is 6.42. The summed E-state index contributed by atoms with van der Waals surface area (Å²) in [6.07, 6.45) is -0.0962. The number of rotatable bonds is 5. The predicted molar refractivity (Wildman–Crippen MR) is 77.2 cm³/mol. The second-order valence-electron chi connectivity index (χ2n) is 6.42. The van der Waals surface area contributed by atoms with E-state index in [-0.39, 0.29) is 18.8 Å². The third kappa shape index (κ3) is 2.66. The highest BCUT2D eigenvalue weighted by molar-refractivity contribution is 5.75. The fraction of sp³-hybridized carbons (Fsp3) is 0.500. The van der Waals surface area contributed by atoms with Crippen LogP contribution in [0.25, 0.3) is 0 Å². The zero-order chi connectivity index (χ0) is 15.8. The number of carbonyl (C=O) groups excluding carboxylic acids is 1. The van der Waals surface area contributed by atoms with E-state index in [1.54, 1.807) is 0 Å². The highest BCUT2D eigenvalue weighted by Gasteiger charge is 2.67. The molecular weight excluding hydrogens is 286 g/mol. The number of benzene rings is 1. The molecule has 0 spiro atoms. The van der Waals surface area contributed by atoms with Crippen molar-refractivity contribution in [3.63, 3.8) is 0 Å². The van der Waals surface area contributed by atoms with E-state index in [9.17, 15) is 14.7 Å². The molecule has 1 aromatic rings. The maximum Gasteiger partial charge on any atom is 0.407 e. The van der Waals surface area contributed by atoms with Gasteiger partial charge >= 0.3 is 12.1 Å². The maximum atomic E-state index is 11.8. The van der Waals surface area contributed by atoms with Gasteiger partial charge in [-0.3, -0.25) is 0 Å². The Hall–Kier alpha value is -2.08. The monoisotopic (exact) mass is 305 g/mol. The van der Waals surface area contributed by atoms with Gasteiger partial charge < -0.3 is 19.9 Å². The molecule has 6 nitrogen and oxygen atoms in total. The number of carboxylic acids is 1. The van der Waals surface area contributed by atoms with E-state index in [0.29, 0.717) is 12.8 Å². The first-order valence-corrected chi connectivity index (χ1v) is 7.28. The number of carboxylic acid groups (broad SMARTS) is 1. The number of amides is 1. The van der Waals surface area contributed by atoms with Crippen molar-refractivity contribution >= 4 is 12.1 Å². The number of fused-ring (bicyclic) bond motifs is 1. The summed E-state index contributed by atoms with van der Waals surface area (Å²) in [6, 6.07) is 9.38. The molecule has 3 aliphatic rings. The van der Waals surface area contributed by atoms with Crippen LogP contribution in [0.2, 0.25) is 0 Å². The Balaban J connectivity index is 1.50. The SMILES string of the molecule is CC12CC(CNC(=O)OCc3ccccc3)(C1)C(C(=O)O)O2. The van der Waals surface area contributed by atoms with E-state index < -0.39 is 23.6 Å². The van der Waals surface area contributed by atoms with E-state index in [1.807, 2.05) is 37.3 Å². The van der Waals surface area contributed by atoms with E-state index in [4.69, 9.17) is 9.47 Å². The number of hydrogen-bond donors (Lipinski definition) is 2. The van der Waals surface area contributed by atoms with E-state index in [0.717, 1.165) is 5.56 Å². The van der Waals surface area contributed by atoms with Gasteiger partial charge in [-0.1, -0.05) is 30.3 Å². The van der Waals surface area contributed by atoms with Crippen LogP contribution in [-0.4, -0.2) is 35.4 Å². The zero-order valence-corrected chi connectivity index (χ0v) is 12.4. The molecular formula is C16H19NO5. The summed E-state index contributed by atoms with van der Waals surface area (Å²) in [5.41, 5.74) is 0.0324. The largest absolute Gasteiger partial charge is 0.479 e. The molecule has 3 fully saturated rings. The number of aliphatic carboxylic acids is 1. The lowest BCUT2D eigenvalue weighted by Gasteiger charge is -2.42. The molecule has 4 rings (SSSR count). The molecule has 0 radical (unpaired) electrons. The lowest BCUT2D eigenvalue weighted by Crippen LogP contribution is -2.51. The summed E-state index contributed by atoms with van der Waals surface area (Å²) in [5.74, 6) is -0.972. The number of nitrogens with one attached hydrogen (secondary N) is 1. The van der Waals surface area contributed by atoms with Crippen molar-refractivity contribution in [2.24, 2.45) is 5.41 Å². The van der Waals surface area contributed by atoms with Crippen LogP contribution < -0.4 is 5.32 Å². The quantitative estimate of drug-likeness (QED) is 0.868. The summed E-state index contributed by atoms with van der Waals surface area (Å²) < 4.78 is 10.7. The Kier molecular flexibility index (Phi) is 3.56. The predicted octanol–water partition coefficient (Wildman–Crippen LogP) is 1.94. The van der Waals surface area contributed by atoms with Gasteiger partial charge in [-0.25, -0.2) is 9.59 Å². The van der Waals surface area contributed by atoms with Gasteiger partial charge in [0.15, 0.2) is 6.10 Å². The first-order valence-electron chi connectivity index (χ1n) is 7.28. The first kappa shape index (κ1) is 14.8. The summed E-state index contributed by atoms with van der Waals surface area (Å²) in [5, 5.41) is 11.9. The van der Waals surface area contributed by atoms with Crippen LogP contribution in [0, 0.1) is 5.41 Å². The normalized spacial score (nSPS) is 32.1. The Labute approximate surface area is 128 Å².